The Morgan fingerprint density at radius 2 is 1.87 bits per heavy atom. The van der Waals surface area contributed by atoms with Crippen molar-refractivity contribution in [2.75, 3.05) is 40.8 Å². The predicted octanol–water partition coefficient (Wildman–Crippen LogP) is 2.72. The summed E-state index contributed by atoms with van der Waals surface area (Å²) in [5.74, 6) is 0.862. The summed E-state index contributed by atoms with van der Waals surface area (Å²) >= 11 is 0. The van der Waals surface area contributed by atoms with Crippen molar-refractivity contribution in [1.82, 2.24) is 15.5 Å². The topological polar surface area (TPSA) is 48.9 Å². The Bertz CT molecular complexity index is 323. The van der Waals surface area contributed by atoms with Crippen LogP contribution in [0.3, 0.4) is 0 Å². The highest BCUT2D eigenvalue weighted by Gasteiger charge is 2.14. The molecule has 138 valence electrons. The van der Waals surface area contributed by atoms with Crippen LogP contribution in [-0.4, -0.2) is 63.8 Å². The third kappa shape index (κ3) is 13.3. The van der Waals surface area contributed by atoms with Crippen LogP contribution in [0.5, 0.6) is 0 Å². The molecule has 2 unspecified atom stereocenters. The van der Waals surface area contributed by atoms with Crippen LogP contribution in [0, 0.1) is 5.41 Å². The Labute approximate surface area is 144 Å². The number of guanidine groups is 1. The summed E-state index contributed by atoms with van der Waals surface area (Å²) in [6.45, 7) is 13.7. The van der Waals surface area contributed by atoms with Gasteiger partial charge in [0.25, 0.3) is 0 Å². The Kier molecular flexibility index (Phi) is 11.3. The van der Waals surface area contributed by atoms with Gasteiger partial charge in [-0.1, -0.05) is 20.8 Å². The third-order valence-corrected chi connectivity index (χ3v) is 3.73. The molecule has 0 aromatic rings. The van der Waals surface area contributed by atoms with Crippen molar-refractivity contribution in [1.29, 1.82) is 0 Å². The van der Waals surface area contributed by atoms with E-state index in [1.807, 2.05) is 14.0 Å². The fourth-order valence-corrected chi connectivity index (χ4v) is 2.24. The summed E-state index contributed by atoms with van der Waals surface area (Å²) in [5, 5.41) is 6.88. The van der Waals surface area contributed by atoms with Gasteiger partial charge in [0.2, 0.25) is 0 Å². The summed E-state index contributed by atoms with van der Waals surface area (Å²) in [6.07, 6.45) is 3.57. The number of hydrogen-bond acceptors (Lipinski definition) is 3. The average molecular weight is 329 g/mol. The molecule has 0 aliphatic heterocycles. The summed E-state index contributed by atoms with van der Waals surface area (Å²) in [7, 11) is 6.00. The van der Waals surface area contributed by atoms with Gasteiger partial charge in [0.15, 0.2) is 5.96 Å². The van der Waals surface area contributed by atoms with Crippen LogP contribution in [0.2, 0.25) is 0 Å². The summed E-state index contributed by atoms with van der Waals surface area (Å²) in [6, 6.07) is 0.410. The molecule has 0 amide bonds. The van der Waals surface area contributed by atoms with E-state index in [9.17, 15) is 0 Å². The summed E-state index contributed by atoms with van der Waals surface area (Å²) < 4.78 is 5.81. The zero-order valence-corrected chi connectivity index (χ0v) is 16.7. The molecule has 0 radical (unpaired) electrons. The summed E-state index contributed by atoms with van der Waals surface area (Å²) in [4.78, 5) is 6.52. The first-order chi connectivity index (χ1) is 10.7. The maximum Gasteiger partial charge on any atom is 0.191 e. The number of nitrogens with one attached hydrogen (secondary N) is 2. The lowest BCUT2D eigenvalue weighted by atomic mass is 9.89. The fraction of sp³-hybridized carbons (Fsp3) is 0.944. The average Bonchev–Trinajstić information content (AvgIpc) is 2.45. The summed E-state index contributed by atoms with van der Waals surface area (Å²) in [5.41, 5.74) is 0.374. The van der Waals surface area contributed by atoms with Gasteiger partial charge in [-0.15, -0.1) is 0 Å². The molecule has 0 aliphatic carbocycles. The number of nitrogens with zero attached hydrogens (tertiary/aromatic N) is 2. The van der Waals surface area contributed by atoms with Crippen LogP contribution in [0.25, 0.3) is 0 Å². The fourth-order valence-electron chi connectivity index (χ4n) is 2.24. The van der Waals surface area contributed by atoms with E-state index in [-0.39, 0.29) is 6.10 Å². The van der Waals surface area contributed by atoms with Crippen molar-refractivity contribution in [2.45, 2.75) is 66.0 Å². The molecule has 5 heteroatoms. The zero-order valence-electron chi connectivity index (χ0n) is 16.7. The quantitative estimate of drug-likeness (QED) is 0.478. The molecule has 5 nitrogen and oxygen atoms in total. The van der Waals surface area contributed by atoms with Crippen LogP contribution in [0.15, 0.2) is 4.99 Å². The molecule has 0 heterocycles. The Hall–Kier alpha value is -0.810. The van der Waals surface area contributed by atoms with Gasteiger partial charge in [0.05, 0.1) is 6.10 Å². The van der Waals surface area contributed by atoms with E-state index in [4.69, 9.17) is 4.74 Å². The van der Waals surface area contributed by atoms with Crippen LogP contribution >= 0.6 is 0 Å². The van der Waals surface area contributed by atoms with Crippen molar-refractivity contribution in [2.24, 2.45) is 10.4 Å². The first-order valence-corrected chi connectivity index (χ1v) is 8.91. The smallest absolute Gasteiger partial charge is 0.191 e. The van der Waals surface area contributed by atoms with Gasteiger partial charge >= 0.3 is 0 Å². The van der Waals surface area contributed by atoms with Crippen molar-refractivity contribution < 1.29 is 4.74 Å². The lowest BCUT2D eigenvalue weighted by Crippen LogP contribution is -2.45. The minimum Gasteiger partial charge on any atom is -0.377 e. The lowest BCUT2D eigenvalue weighted by molar-refractivity contribution is 0.0548. The van der Waals surface area contributed by atoms with Crippen molar-refractivity contribution in [3.63, 3.8) is 0 Å². The monoisotopic (exact) mass is 328 g/mol. The van der Waals surface area contributed by atoms with Crippen molar-refractivity contribution >= 4 is 5.96 Å². The Morgan fingerprint density at radius 3 is 2.35 bits per heavy atom. The van der Waals surface area contributed by atoms with Crippen LogP contribution in [0.4, 0.5) is 0 Å². The number of ether oxygens (including phenoxy) is 1. The van der Waals surface area contributed by atoms with Gasteiger partial charge in [-0.3, -0.25) is 4.99 Å². The molecule has 0 saturated carbocycles. The Balaban J connectivity index is 4.24. The van der Waals surface area contributed by atoms with E-state index in [1.165, 1.54) is 6.42 Å². The molecule has 0 fully saturated rings. The maximum atomic E-state index is 5.81. The van der Waals surface area contributed by atoms with Crippen LogP contribution < -0.4 is 10.6 Å². The first kappa shape index (κ1) is 22.2. The standard InChI is InChI=1S/C18H40N4O/c1-9-23-16(11-13-22(7)8)14-20-17(19-6)21-15(2)10-12-18(3,4)5/h15-16H,9-14H2,1-8H3,(H2,19,20,21). The van der Waals surface area contributed by atoms with E-state index in [0.29, 0.717) is 11.5 Å². The molecule has 0 aromatic heterocycles. The van der Waals surface area contributed by atoms with Gasteiger partial charge < -0.3 is 20.3 Å². The molecule has 0 bridgehead atoms. The van der Waals surface area contributed by atoms with Gasteiger partial charge in [0.1, 0.15) is 0 Å². The number of rotatable bonds is 10. The number of aliphatic imine (C=N–C) groups is 1. The second-order valence-electron chi connectivity index (χ2n) is 7.77. The Morgan fingerprint density at radius 1 is 1.22 bits per heavy atom. The minimum atomic E-state index is 0.214. The SMILES string of the molecule is CCOC(CCN(C)C)CNC(=NC)NC(C)CCC(C)(C)C. The van der Waals surface area contributed by atoms with Gasteiger partial charge in [-0.05, 0) is 52.6 Å². The van der Waals surface area contributed by atoms with E-state index >= 15 is 0 Å². The van der Waals surface area contributed by atoms with E-state index < -0.39 is 0 Å². The molecule has 0 aromatic carbocycles. The molecular formula is C18H40N4O. The third-order valence-electron chi connectivity index (χ3n) is 3.73. The first-order valence-electron chi connectivity index (χ1n) is 8.91. The van der Waals surface area contributed by atoms with Crippen LogP contribution in [0.1, 0.15) is 53.9 Å². The highest BCUT2D eigenvalue weighted by Crippen LogP contribution is 2.21. The molecule has 23 heavy (non-hydrogen) atoms. The van der Waals surface area contributed by atoms with E-state index in [0.717, 1.165) is 38.5 Å². The second kappa shape index (κ2) is 11.7. The second-order valence-corrected chi connectivity index (χ2v) is 7.77. The lowest BCUT2D eigenvalue weighted by Gasteiger charge is -2.24. The molecule has 2 N–H and O–H groups in total. The molecule has 0 aliphatic rings. The normalized spacial score (nSPS) is 15.6. The molecule has 0 spiro atoms. The van der Waals surface area contributed by atoms with E-state index in [1.54, 1.807) is 0 Å². The van der Waals surface area contributed by atoms with Crippen molar-refractivity contribution in [3.05, 3.63) is 0 Å². The van der Waals surface area contributed by atoms with Gasteiger partial charge in [0, 0.05) is 32.8 Å². The molecular weight excluding hydrogens is 288 g/mol. The predicted molar refractivity (Wildman–Crippen MR) is 101 cm³/mol. The maximum absolute atomic E-state index is 5.81. The number of hydrogen-bond donors (Lipinski definition) is 2. The highest BCUT2D eigenvalue weighted by atomic mass is 16.5. The molecule has 0 rings (SSSR count). The molecule has 2 atom stereocenters. The minimum absolute atomic E-state index is 0.214. The molecule has 0 saturated heterocycles. The largest absolute Gasteiger partial charge is 0.377 e. The van der Waals surface area contributed by atoms with Crippen molar-refractivity contribution in [3.8, 4) is 0 Å². The van der Waals surface area contributed by atoms with E-state index in [2.05, 4.69) is 62.3 Å². The zero-order chi connectivity index (χ0) is 17.9. The van der Waals surface area contributed by atoms with Crippen LogP contribution in [-0.2, 0) is 4.74 Å². The van der Waals surface area contributed by atoms with Gasteiger partial charge in [-0.25, -0.2) is 0 Å². The van der Waals surface area contributed by atoms with Gasteiger partial charge in [-0.2, -0.15) is 0 Å². The highest BCUT2D eigenvalue weighted by molar-refractivity contribution is 5.79.